The molecule has 0 aromatic heterocycles. The monoisotopic (exact) mass is 662 g/mol. The van der Waals surface area contributed by atoms with Crippen molar-refractivity contribution in [3.8, 4) is 0 Å². The zero-order valence-corrected chi connectivity index (χ0v) is 20.7. The minimum atomic E-state index is 0. The maximum Gasteiger partial charge on any atom is -2.00 e. The van der Waals surface area contributed by atoms with E-state index in [1.807, 2.05) is 0 Å². The second-order valence-electron chi connectivity index (χ2n) is 4.76. The molecule has 0 fully saturated rings. The topological polar surface area (TPSA) is 28.5 Å². The van der Waals surface area contributed by atoms with Crippen molar-refractivity contribution in [1.29, 1.82) is 0 Å². The average Bonchev–Trinajstić information content (AvgIpc) is 2.39. The van der Waals surface area contributed by atoms with Gasteiger partial charge in [0.05, 0.1) is 0 Å². The molecule has 0 aliphatic rings. The summed E-state index contributed by atoms with van der Waals surface area (Å²) in [4.78, 5) is 0. The molecule has 116 valence electrons. The second-order valence-corrected chi connectivity index (χ2v) is 15.2. The van der Waals surface area contributed by atoms with Crippen LogP contribution in [0, 0.1) is 0 Å². The van der Waals surface area contributed by atoms with Crippen LogP contribution in [0.1, 0.15) is 79.1 Å². The van der Waals surface area contributed by atoms with Crippen LogP contribution >= 0.6 is 0 Å². The molecule has 0 unspecified atom stereocenters. The minimum absolute atomic E-state index is 0. The van der Waals surface area contributed by atoms with E-state index in [2.05, 4.69) is 27.7 Å². The Morgan fingerprint density at radius 1 is 0.474 bits per heavy atom. The molecule has 0 aromatic carbocycles. The SMILES string of the molecule is CCC[CH2][Bi+][CH2]CCC.CCC[CH2][Bi+][CH2]CCC.[O-2]. The van der Waals surface area contributed by atoms with Crippen LogP contribution in [-0.4, -0.2) is 46.5 Å². The van der Waals surface area contributed by atoms with Gasteiger partial charge in [-0.25, -0.2) is 0 Å². The molecule has 0 aromatic rings. The second kappa shape index (κ2) is 28.0. The van der Waals surface area contributed by atoms with Crippen molar-refractivity contribution in [2.45, 2.75) is 95.6 Å². The molecule has 0 atom stereocenters. The van der Waals surface area contributed by atoms with E-state index < -0.39 is 0 Å². The van der Waals surface area contributed by atoms with Gasteiger partial charge in [0, 0.05) is 0 Å². The first kappa shape index (κ1) is 25.7. The Balaban J connectivity index is -0.000000256. The molecule has 0 saturated carbocycles. The molecular weight excluding hydrogens is 626 g/mol. The van der Waals surface area contributed by atoms with Crippen LogP contribution in [0.5, 0.6) is 0 Å². The quantitative estimate of drug-likeness (QED) is 0.178. The number of hydrogen-bond acceptors (Lipinski definition) is 0. The zero-order valence-electron chi connectivity index (χ0n) is 13.8. The molecule has 0 amide bonds. The summed E-state index contributed by atoms with van der Waals surface area (Å²) in [7, 11) is 0. The molecule has 19 heavy (non-hydrogen) atoms. The molecule has 0 rings (SSSR count). The Hall–Kier alpha value is 1.73. The normalized spacial score (nSPS) is 9.47. The Morgan fingerprint density at radius 3 is 0.842 bits per heavy atom. The summed E-state index contributed by atoms with van der Waals surface area (Å²) in [5.74, 6) is 0. The third kappa shape index (κ3) is 32.9. The van der Waals surface area contributed by atoms with Gasteiger partial charge in [-0.2, -0.15) is 0 Å². The Kier molecular flexibility index (Phi) is 37.8. The van der Waals surface area contributed by atoms with E-state index in [0.717, 1.165) is 0 Å². The van der Waals surface area contributed by atoms with Crippen LogP contribution in [0.25, 0.3) is 0 Å². The third-order valence-electron chi connectivity index (χ3n) is 2.68. The predicted molar refractivity (Wildman–Crippen MR) is 91.1 cm³/mol. The standard InChI is InChI=1S/4C4H9.2Bi.O/c4*1-3-4-2;;;/h4*1,3-4H2,2H3;;;/q;;;;2*+1;-2. The molecule has 0 N–H and O–H groups in total. The van der Waals surface area contributed by atoms with E-state index in [4.69, 9.17) is 0 Å². The average molecular weight is 662 g/mol. The van der Waals surface area contributed by atoms with E-state index in [1.54, 1.807) is 16.5 Å². The van der Waals surface area contributed by atoms with Crippen molar-refractivity contribution >= 4 is 46.5 Å². The van der Waals surface area contributed by atoms with E-state index in [-0.39, 0.29) is 51.9 Å². The molecule has 3 heteroatoms. The van der Waals surface area contributed by atoms with Gasteiger partial charge < -0.3 is 5.48 Å². The van der Waals surface area contributed by atoms with Gasteiger partial charge in [-0.3, -0.25) is 0 Å². The van der Waals surface area contributed by atoms with E-state index in [1.165, 1.54) is 51.4 Å². The number of unbranched alkanes of at least 4 members (excludes halogenated alkanes) is 4. The Bertz CT molecular complexity index is 95.3. The zero-order chi connectivity index (χ0) is 13.9. The van der Waals surface area contributed by atoms with Gasteiger partial charge >= 0.3 is 142 Å². The van der Waals surface area contributed by atoms with Gasteiger partial charge in [0.2, 0.25) is 0 Å². The summed E-state index contributed by atoms with van der Waals surface area (Å²) in [6, 6.07) is 0. The largest absolute Gasteiger partial charge is 2.00 e. The molecule has 0 aliphatic heterocycles. The first-order chi connectivity index (χ1) is 8.83. The molecule has 1 nitrogen and oxygen atoms in total. The van der Waals surface area contributed by atoms with Crippen molar-refractivity contribution in [2.75, 3.05) is 0 Å². The molecule has 0 saturated heterocycles. The van der Waals surface area contributed by atoms with Gasteiger partial charge in [0.25, 0.3) is 0 Å². The minimum Gasteiger partial charge on any atom is -2.00 e. The van der Waals surface area contributed by atoms with Gasteiger partial charge in [-0.1, -0.05) is 0 Å². The predicted octanol–water partition coefficient (Wildman–Crippen LogP) is 6.14. The summed E-state index contributed by atoms with van der Waals surface area (Å²) in [6.45, 7) is 9.17. The smallest absolute Gasteiger partial charge is 2.00 e. The van der Waals surface area contributed by atoms with E-state index in [9.17, 15) is 0 Å². The molecule has 4 radical (unpaired) electrons. The fraction of sp³-hybridized carbons (Fsp3) is 1.00. The molecule has 0 aliphatic carbocycles. The molecule has 0 heterocycles. The first-order valence-corrected chi connectivity index (χ1v) is 17.9. The Morgan fingerprint density at radius 2 is 0.684 bits per heavy atom. The molecule has 0 spiro atoms. The van der Waals surface area contributed by atoms with E-state index >= 15 is 0 Å². The molecule has 0 bridgehead atoms. The van der Waals surface area contributed by atoms with Gasteiger partial charge in [-0.05, 0) is 0 Å². The van der Waals surface area contributed by atoms with Crippen LogP contribution in [0.3, 0.4) is 0 Å². The van der Waals surface area contributed by atoms with Crippen molar-refractivity contribution in [2.24, 2.45) is 0 Å². The van der Waals surface area contributed by atoms with Crippen LogP contribution in [-0.2, 0) is 5.48 Å². The van der Waals surface area contributed by atoms with Gasteiger partial charge in [0.1, 0.15) is 0 Å². The first-order valence-electron chi connectivity index (χ1n) is 8.09. The summed E-state index contributed by atoms with van der Waals surface area (Å²) in [6.07, 6.45) is 11.7. The van der Waals surface area contributed by atoms with Crippen LogP contribution in [0.2, 0.25) is 16.5 Å². The van der Waals surface area contributed by atoms with Gasteiger partial charge in [0.15, 0.2) is 0 Å². The summed E-state index contributed by atoms with van der Waals surface area (Å²) < 4.78 is 6.54. The van der Waals surface area contributed by atoms with E-state index in [0.29, 0.717) is 0 Å². The van der Waals surface area contributed by atoms with Crippen molar-refractivity contribution < 1.29 is 5.48 Å². The fourth-order valence-electron chi connectivity index (χ4n) is 1.30. The van der Waals surface area contributed by atoms with Crippen LogP contribution in [0.4, 0.5) is 0 Å². The molecular formula is C16H36Bi2O. The van der Waals surface area contributed by atoms with Crippen molar-refractivity contribution in [1.82, 2.24) is 0 Å². The maximum atomic E-state index is 2.29. The van der Waals surface area contributed by atoms with Crippen molar-refractivity contribution in [3.63, 3.8) is 0 Å². The van der Waals surface area contributed by atoms with Crippen LogP contribution in [0.15, 0.2) is 0 Å². The number of hydrogen-bond donors (Lipinski definition) is 0. The Labute approximate surface area is 146 Å². The summed E-state index contributed by atoms with van der Waals surface area (Å²) in [5, 5.41) is 0. The van der Waals surface area contributed by atoms with Crippen molar-refractivity contribution in [3.05, 3.63) is 0 Å². The van der Waals surface area contributed by atoms with Gasteiger partial charge in [-0.15, -0.1) is 0 Å². The number of rotatable bonds is 12. The summed E-state index contributed by atoms with van der Waals surface area (Å²) in [5.41, 5.74) is 0. The third-order valence-corrected chi connectivity index (χ3v) is 12.5. The maximum absolute atomic E-state index is 2.29. The fourth-order valence-corrected chi connectivity index (χ4v) is 11.4. The van der Waals surface area contributed by atoms with Crippen LogP contribution < -0.4 is 0 Å². The summed E-state index contributed by atoms with van der Waals surface area (Å²) >= 11 is 0.136.